The van der Waals surface area contributed by atoms with Crippen molar-refractivity contribution in [3.8, 4) is 0 Å². The number of benzene rings is 1. The molecule has 1 aliphatic rings. The molecule has 0 bridgehead atoms. The molecule has 1 aromatic carbocycles. The van der Waals surface area contributed by atoms with Crippen LogP contribution in [-0.2, 0) is 16.8 Å². The van der Waals surface area contributed by atoms with Gasteiger partial charge >= 0.3 is 0 Å². The summed E-state index contributed by atoms with van der Waals surface area (Å²) in [6, 6.07) is 10.4. The van der Waals surface area contributed by atoms with Gasteiger partial charge in [0.15, 0.2) is 0 Å². The van der Waals surface area contributed by atoms with Gasteiger partial charge in [0.25, 0.3) is 10.2 Å². The molecule has 0 aliphatic carbocycles. The molecule has 1 fully saturated rings. The number of piperazine rings is 1. The molecule has 0 aromatic heterocycles. The zero-order valence-electron chi connectivity index (χ0n) is 14.0. The number of hydrogen-bond donors (Lipinski definition) is 2. The Morgan fingerprint density at radius 1 is 1.09 bits per heavy atom. The van der Waals surface area contributed by atoms with Gasteiger partial charge in [-0.15, -0.1) is 0 Å². The molecule has 1 aliphatic heterocycles. The minimum Gasteiger partial charge on any atom is -0.299 e. The molecule has 0 amide bonds. The van der Waals surface area contributed by atoms with E-state index in [1.807, 2.05) is 13.0 Å². The summed E-state index contributed by atoms with van der Waals surface area (Å²) in [5, 5.41) is 0. The Hall–Kier alpha value is -0.990. The summed E-state index contributed by atoms with van der Waals surface area (Å²) in [6.45, 7) is 9.78. The van der Waals surface area contributed by atoms with E-state index in [1.165, 1.54) is 5.56 Å². The van der Waals surface area contributed by atoms with Crippen molar-refractivity contribution in [2.24, 2.45) is 0 Å². The zero-order valence-corrected chi connectivity index (χ0v) is 14.8. The molecule has 1 atom stereocenters. The molecule has 2 rings (SSSR count). The summed E-state index contributed by atoms with van der Waals surface area (Å²) in [6.07, 6.45) is 0. The lowest BCUT2D eigenvalue weighted by Gasteiger charge is -2.36. The minimum atomic E-state index is -3.37. The van der Waals surface area contributed by atoms with Crippen LogP contribution in [0.5, 0.6) is 0 Å². The molecule has 1 heterocycles. The molecule has 130 valence electrons. The van der Waals surface area contributed by atoms with Crippen molar-refractivity contribution in [3.05, 3.63) is 35.9 Å². The maximum atomic E-state index is 11.7. The fourth-order valence-electron chi connectivity index (χ4n) is 2.89. The van der Waals surface area contributed by atoms with Gasteiger partial charge in [-0.05, 0) is 12.5 Å². The van der Waals surface area contributed by atoms with Crippen LogP contribution in [0.4, 0.5) is 0 Å². The molecule has 6 nitrogen and oxygen atoms in total. The first-order chi connectivity index (χ1) is 11.0. The summed E-state index contributed by atoms with van der Waals surface area (Å²) in [4.78, 5) is 4.76. The predicted octanol–water partition coefficient (Wildman–Crippen LogP) is 0.637. The van der Waals surface area contributed by atoms with E-state index in [1.54, 1.807) is 6.92 Å². The molecule has 1 saturated heterocycles. The molecule has 0 saturated carbocycles. The van der Waals surface area contributed by atoms with Crippen molar-refractivity contribution in [3.63, 3.8) is 0 Å². The summed E-state index contributed by atoms with van der Waals surface area (Å²) in [5.74, 6) is 0. The van der Waals surface area contributed by atoms with Gasteiger partial charge < -0.3 is 0 Å². The Balaban J connectivity index is 1.72. The van der Waals surface area contributed by atoms with E-state index < -0.39 is 10.2 Å². The Morgan fingerprint density at radius 3 is 2.30 bits per heavy atom. The van der Waals surface area contributed by atoms with Crippen molar-refractivity contribution in [2.45, 2.75) is 26.4 Å². The molecule has 1 unspecified atom stereocenters. The van der Waals surface area contributed by atoms with E-state index in [2.05, 4.69) is 43.5 Å². The van der Waals surface area contributed by atoms with Crippen LogP contribution in [0, 0.1) is 0 Å². The van der Waals surface area contributed by atoms with E-state index >= 15 is 0 Å². The van der Waals surface area contributed by atoms with Crippen LogP contribution in [0.1, 0.15) is 19.4 Å². The van der Waals surface area contributed by atoms with E-state index in [9.17, 15) is 8.42 Å². The molecule has 2 N–H and O–H groups in total. The van der Waals surface area contributed by atoms with E-state index in [4.69, 9.17) is 0 Å². The standard InChI is InChI=1S/C16H28N4O2S/c1-3-17-23(21,22)18-15(2)13-19-9-11-20(12-10-19)14-16-7-5-4-6-8-16/h4-8,15,17-18H,3,9-14H2,1-2H3. The first-order valence-electron chi connectivity index (χ1n) is 8.24. The Labute approximate surface area is 140 Å². The van der Waals surface area contributed by atoms with Crippen LogP contribution in [0.15, 0.2) is 30.3 Å². The molecule has 23 heavy (non-hydrogen) atoms. The third-order valence-corrected chi connectivity index (χ3v) is 5.32. The molecule has 7 heteroatoms. The average molecular weight is 340 g/mol. The van der Waals surface area contributed by atoms with Gasteiger partial charge in [0.05, 0.1) is 0 Å². The molecular formula is C16H28N4O2S. The van der Waals surface area contributed by atoms with Crippen LogP contribution >= 0.6 is 0 Å². The van der Waals surface area contributed by atoms with Gasteiger partial charge in [-0.2, -0.15) is 13.1 Å². The summed E-state index contributed by atoms with van der Waals surface area (Å²) in [5.41, 5.74) is 1.34. The average Bonchev–Trinajstić information content (AvgIpc) is 2.49. The SMILES string of the molecule is CCNS(=O)(=O)NC(C)CN1CCN(Cc2ccccc2)CC1. The van der Waals surface area contributed by atoms with E-state index in [0.717, 1.165) is 39.3 Å². The van der Waals surface area contributed by atoms with Crippen molar-refractivity contribution in [2.75, 3.05) is 39.3 Å². The molecule has 0 radical (unpaired) electrons. The van der Waals surface area contributed by atoms with Crippen molar-refractivity contribution >= 4 is 10.2 Å². The van der Waals surface area contributed by atoms with Crippen molar-refractivity contribution < 1.29 is 8.42 Å². The maximum absolute atomic E-state index is 11.7. The number of nitrogens with zero attached hydrogens (tertiary/aromatic N) is 2. The highest BCUT2D eigenvalue weighted by atomic mass is 32.2. The van der Waals surface area contributed by atoms with Gasteiger partial charge in [-0.25, -0.2) is 4.72 Å². The van der Waals surface area contributed by atoms with E-state index in [0.29, 0.717) is 6.54 Å². The third kappa shape index (κ3) is 6.56. The second-order valence-corrected chi connectivity index (χ2v) is 7.61. The Morgan fingerprint density at radius 2 is 1.70 bits per heavy atom. The molecule has 1 aromatic rings. The highest BCUT2D eigenvalue weighted by molar-refractivity contribution is 7.87. The minimum absolute atomic E-state index is 0.0975. The first-order valence-corrected chi connectivity index (χ1v) is 9.72. The quantitative estimate of drug-likeness (QED) is 0.729. The lowest BCUT2D eigenvalue weighted by atomic mass is 10.2. The Kier molecular flexibility index (Phi) is 6.98. The second kappa shape index (κ2) is 8.75. The summed E-state index contributed by atoms with van der Waals surface area (Å²) < 4.78 is 28.5. The molecular weight excluding hydrogens is 312 g/mol. The third-order valence-electron chi connectivity index (χ3n) is 3.94. The normalized spacial score (nSPS) is 18.9. The lowest BCUT2D eigenvalue weighted by Crippen LogP contribution is -2.51. The molecule has 0 spiro atoms. The van der Waals surface area contributed by atoms with Gasteiger partial charge in [0, 0.05) is 51.9 Å². The van der Waals surface area contributed by atoms with Gasteiger partial charge in [0.2, 0.25) is 0 Å². The summed E-state index contributed by atoms with van der Waals surface area (Å²) in [7, 11) is -3.37. The lowest BCUT2D eigenvalue weighted by molar-refractivity contribution is 0.122. The van der Waals surface area contributed by atoms with Gasteiger partial charge in [0.1, 0.15) is 0 Å². The van der Waals surface area contributed by atoms with Crippen LogP contribution < -0.4 is 9.44 Å². The van der Waals surface area contributed by atoms with Crippen molar-refractivity contribution in [1.82, 2.24) is 19.2 Å². The second-order valence-electron chi connectivity index (χ2n) is 6.08. The number of rotatable bonds is 8. The van der Waals surface area contributed by atoms with Crippen LogP contribution in [0.25, 0.3) is 0 Å². The number of hydrogen-bond acceptors (Lipinski definition) is 4. The first kappa shape index (κ1) is 18.4. The smallest absolute Gasteiger partial charge is 0.277 e. The van der Waals surface area contributed by atoms with Gasteiger partial charge in [-0.3, -0.25) is 9.80 Å². The highest BCUT2D eigenvalue weighted by Crippen LogP contribution is 2.08. The van der Waals surface area contributed by atoms with Crippen molar-refractivity contribution in [1.29, 1.82) is 0 Å². The predicted molar refractivity (Wildman–Crippen MR) is 93.4 cm³/mol. The topological polar surface area (TPSA) is 64.7 Å². The fourth-order valence-corrected chi connectivity index (χ4v) is 3.96. The Bertz CT molecular complexity index is 557. The highest BCUT2D eigenvalue weighted by Gasteiger charge is 2.20. The van der Waals surface area contributed by atoms with Crippen LogP contribution in [-0.4, -0.2) is 63.5 Å². The van der Waals surface area contributed by atoms with Crippen LogP contribution in [0.2, 0.25) is 0 Å². The number of nitrogens with one attached hydrogen (secondary N) is 2. The van der Waals surface area contributed by atoms with E-state index in [-0.39, 0.29) is 6.04 Å². The summed E-state index contributed by atoms with van der Waals surface area (Å²) >= 11 is 0. The fraction of sp³-hybridized carbons (Fsp3) is 0.625. The monoisotopic (exact) mass is 340 g/mol. The van der Waals surface area contributed by atoms with Gasteiger partial charge in [-0.1, -0.05) is 37.3 Å². The largest absolute Gasteiger partial charge is 0.299 e. The van der Waals surface area contributed by atoms with Crippen LogP contribution in [0.3, 0.4) is 0 Å². The zero-order chi connectivity index (χ0) is 16.7. The maximum Gasteiger partial charge on any atom is 0.277 e.